The minimum absolute atomic E-state index is 0.0527. The Bertz CT molecular complexity index is 946. The maximum absolute atomic E-state index is 12.4. The Morgan fingerprint density at radius 2 is 1.96 bits per heavy atom. The van der Waals surface area contributed by atoms with E-state index in [1.165, 1.54) is 11.8 Å². The number of nitrogens with two attached hydrogens (primary N) is 1. The smallest absolute Gasteiger partial charge is 0.315 e. The van der Waals surface area contributed by atoms with Crippen LogP contribution in [0.3, 0.4) is 0 Å². The topological polar surface area (TPSA) is 85.8 Å². The van der Waals surface area contributed by atoms with Crippen LogP contribution in [0, 0.1) is 6.92 Å². The molecule has 25 heavy (non-hydrogen) atoms. The molecule has 128 valence electrons. The van der Waals surface area contributed by atoms with Gasteiger partial charge in [-0.1, -0.05) is 59.8 Å². The van der Waals surface area contributed by atoms with E-state index in [0.717, 1.165) is 15.8 Å². The number of benzene rings is 2. The number of anilines is 2. The van der Waals surface area contributed by atoms with Crippen LogP contribution in [0.15, 0.2) is 58.5 Å². The van der Waals surface area contributed by atoms with Crippen LogP contribution in [0.4, 0.5) is 11.5 Å². The fraction of sp³-hybridized carbons (Fsp3) is 0.118. The van der Waals surface area contributed by atoms with Crippen molar-refractivity contribution in [2.75, 3.05) is 11.2 Å². The molecular formula is C17H16ClN5OS. The van der Waals surface area contributed by atoms with E-state index in [0.29, 0.717) is 21.6 Å². The van der Waals surface area contributed by atoms with Crippen LogP contribution >= 0.6 is 23.4 Å². The molecule has 0 spiro atoms. The summed E-state index contributed by atoms with van der Waals surface area (Å²) in [5.74, 6) is 6.58. The van der Waals surface area contributed by atoms with Gasteiger partial charge in [0.1, 0.15) is 0 Å². The molecule has 0 aliphatic heterocycles. The van der Waals surface area contributed by atoms with Crippen LogP contribution in [0.2, 0.25) is 5.02 Å². The van der Waals surface area contributed by atoms with E-state index in [2.05, 4.69) is 15.5 Å². The lowest BCUT2D eigenvalue weighted by Gasteiger charge is -2.11. The van der Waals surface area contributed by atoms with Gasteiger partial charge in [-0.15, -0.1) is 10.2 Å². The molecule has 1 heterocycles. The number of rotatable bonds is 5. The summed E-state index contributed by atoms with van der Waals surface area (Å²) in [6, 6.07) is 15.2. The van der Waals surface area contributed by atoms with Gasteiger partial charge in [0, 0.05) is 16.5 Å². The van der Waals surface area contributed by atoms with E-state index in [1.807, 2.05) is 43.3 Å². The second-order valence-corrected chi connectivity index (χ2v) is 6.74. The SMILES string of the molecule is Cc1ccc(Cl)cc1Nc1nnc(SCc2ccccc2)n(N)c1=O. The van der Waals surface area contributed by atoms with Crippen LogP contribution in [0.5, 0.6) is 0 Å². The average Bonchev–Trinajstić information content (AvgIpc) is 2.62. The lowest BCUT2D eigenvalue weighted by molar-refractivity contribution is 0.705. The van der Waals surface area contributed by atoms with E-state index < -0.39 is 5.56 Å². The predicted molar refractivity (Wildman–Crippen MR) is 102 cm³/mol. The highest BCUT2D eigenvalue weighted by Crippen LogP contribution is 2.23. The summed E-state index contributed by atoms with van der Waals surface area (Å²) in [6.45, 7) is 1.90. The van der Waals surface area contributed by atoms with Crippen molar-refractivity contribution in [2.24, 2.45) is 0 Å². The Morgan fingerprint density at radius 3 is 2.72 bits per heavy atom. The molecule has 0 saturated heterocycles. The molecule has 0 atom stereocenters. The zero-order valence-electron chi connectivity index (χ0n) is 13.4. The van der Waals surface area contributed by atoms with Gasteiger partial charge in [0.25, 0.3) is 0 Å². The highest BCUT2D eigenvalue weighted by Gasteiger charge is 2.12. The first kappa shape index (κ1) is 17.3. The Kier molecular flexibility index (Phi) is 5.25. The molecule has 0 aliphatic rings. The number of aromatic nitrogens is 3. The van der Waals surface area contributed by atoms with Crippen molar-refractivity contribution in [3.8, 4) is 0 Å². The molecule has 3 rings (SSSR count). The summed E-state index contributed by atoms with van der Waals surface area (Å²) < 4.78 is 1.00. The van der Waals surface area contributed by atoms with Crippen molar-refractivity contribution in [1.82, 2.24) is 14.9 Å². The summed E-state index contributed by atoms with van der Waals surface area (Å²) in [5, 5.41) is 11.9. The highest BCUT2D eigenvalue weighted by atomic mass is 35.5. The molecule has 0 amide bonds. The van der Waals surface area contributed by atoms with Gasteiger partial charge < -0.3 is 11.2 Å². The third-order valence-electron chi connectivity index (χ3n) is 3.53. The van der Waals surface area contributed by atoms with Crippen molar-refractivity contribution < 1.29 is 0 Å². The monoisotopic (exact) mass is 373 g/mol. The molecule has 0 saturated carbocycles. The van der Waals surface area contributed by atoms with Crippen LogP contribution in [-0.4, -0.2) is 14.9 Å². The molecule has 0 aliphatic carbocycles. The largest absolute Gasteiger partial charge is 0.334 e. The van der Waals surface area contributed by atoms with Crippen molar-refractivity contribution in [3.05, 3.63) is 75.0 Å². The number of hydrogen-bond acceptors (Lipinski definition) is 6. The molecule has 8 heteroatoms. The van der Waals surface area contributed by atoms with Gasteiger partial charge in [-0.3, -0.25) is 4.79 Å². The first-order valence-corrected chi connectivity index (χ1v) is 8.85. The van der Waals surface area contributed by atoms with Gasteiger partial charge in [-0.2, -0.15) is 4.68 Å². The molecule has 1 aromatic heterocycles. The Hall–Kier alpha value is -2.51. The summed E-state index contributed by atoms with van der Waals surface area (Å²) in [5.41, 5.74) is 2.27. The quantitative estimate of drug-likeness (QED) is 0.527. The molecular weight excluding hydrogens is 358 g/mol. The number of thioether (sulfide) groups is 1. The molecule has 0 bridgehead atoms. The summed E-state index contributed by atoms with van der Waals surface area (Å²) in [4.78, 5) is 12.4. The maximum atomic E-state index is 12.4. The first-order valence-electron chi connectivity index (χ1n) is 7.49. The van der Waals surface area contributed by atoms with Crippen LogP contribution in [-0.2, 0) is 5.75 Å². The Balaban J connectivity index is 1.80. The minimum Gasteiger partial charge on any atom is -0.334 e. The van der Waals surface area contributed by atoms with E-state index >= 15 is 0 Å². The third-order valence-corrected chi connectivity index (χ3v) is 4.78. The second-order valence-electron chi connectivity index (χ2n) is 5.36. The normalized spacial score (nSPS) is 10.6. The predicted octanol–water partition coefficient (Wildman–Crippen LogP) is 3.35. The second kappa shape index (κ2) is 7.58. The maximum Gasteiger partial charge on any atom is 0.315 e. The van der Waals surface area contributed by atoms with Crippen molar-refractivity contribution in [2.45, 2.75) is 17.8 Å². The summed E-state index contributed by atoms with van der Waals surface area (Å²) in [6.07, 6.45) is 0. The van der Waals surface area contributed by atoms with Crippen LogP contribution < -0.4 is 16.7 Å². The summed E-state index contributed by atoms with van der Waals surface area (Å²) >= 11 is 7.34. The zero-order chi connectivity index (χ0) is 17.8. The Morgan fingerprint density at radius 1 is 1.20 bits per heavy atom. The fourth-order valence-electron chi connectivity index (χ4n) is 2.14. The first-order chi connectivity index (χ1) is 12.0. The lowest BCUT2D eigenvalue weighted by atomic mass is 10.2. The highest BCUT2D eigenvalue weighted by molar-refractivity contribution is 7.98. The van der Waals surface area contributed by atoms with Crippen molar-refractivity contribution in [3.63, 3.8) is 0 Å². The number of nitrogen functional groups attached to an aromatic ring is 1. The third kappa shape index (κ3) is 4.12. The molecule has 0 radical (unpaired) electrons. The standard InChI is InChI=1S/C17H16ClN5OS/c1-11-7-8-13(18)9-14(11)20-15-16(24)23(19)17(22-21-15)25-10-12-5-3-2-4-6-12/h2-9H,10,19H2,1H3,(H,20,21). The molecule has 0 unspecified atom stereocenters. The van der Waals surface area contributed by atoms with Crippen molar-refractivity contribution >= 4 is 34.9 Å². The average molecular weight is 374 g/mol. The van der Waals surface area contributed by atoms with Crippen molar-refractivity contribution in [1.29, 1.82) is 0 Å². The van der Waals surface area contributed by atoms with Gasteiger partial charge in [0.2, 0.25) is 11.0 Å². The van der Waals surface area contributed by atoms with E-state index in [1.54, 1.807) is 12.1 Å². The molecule has 0 fully saturated rings. The van der Waals surface area contributed by atoms with Gasteiger partial charge in [-0.05, 0) is 30.2 Å². The van der Waals surface area contributed by atoms with Crippen LogP contribution in [0.25, 0.3) is 0 Å². The summed E-state index contributed by atoms with van der Waals surface area (Å²) in [7, 11) is 0. The molecule has 3 N–H and O–H groups in total. The number of hydrogen-bond donors (Lipinski definition) is 2. The lowest BCUT2D eigenvalue weighted by Crippen LogP contribution is -2.32. The number of aryl methyl sites for hydroxylation is 1. The molecule has 3 aromatic rings. The van der Waals surface area contributed by atoms with Gasteiger partial charge in [-0.25, -0.2) is 0 Å². The fourth-order valence-corrected chi connectivity index (χ4v) is 3.12. The van der Waals surface area contributed by atoms with Gasteiger partial charge >= 0.3 is 5.56 Å². The molecule has 6 nitrogen and oxygen atoms in total. The number of nitrogens with one attached hydrogen (secondary N) is 1. The van der Waals surface area contributed by atoms with Crippen LogP contribution in [0.1, 0.15) is 11.1 Å². The Labute approximate surface area is 154 Å². The van der Waals surface area contributed by atoms with Gasteiger partial charge in [0.05, 0.1) is 0 Å². The van der Waals surface area contributed by atoms with E-state index in [4.69, 9.17) is 17.4 Å². The minimum atomic E-state index is -0.454. The van der Waals surface area contributed by atoms with Gasteiger partial charge in [0.15, 0.2) is 0 Å². The molecule has 2 aromatic carbocycles. The van der Waals surface area contributed by atoms with E-state index in [-0.39, 0.29) is 5.82 Å². The number of nitrogens with zero attached hydrogens (tertiary/aromatic N) is 3. The number of halogens is 1. The zero-order valence-corrected chi connectivity index (χ0v) is 15.0. The van der Waals surface area contributed by atoms with E-state index in [9.17, 15) is 4.79 Å².